The maximum Gasteiger partial charge on any atom is 0.416 e. The molecular weight excluding hydrogens is 299 g/mol. The summed E-state index contributed by atoms with van der Waals surface area (Å²) in [6.45, 7) is 1.94. The van der Waals surface area contributed by atoms with E-state index in [9.17, 15) is 13.2 Å². The second-order valence-electron chi connectivity index (χ2n) is 4.65. The number of rotatable bonds is 4. The van der Waals surface area contributed by atoms with E-state index in [1.54, 1.807) is 30.3 Å². The highest BCUT2D eigenvalue weighted by Crippen LogP contribution is 2.34. The van der Waals surface area contributed by atoms with Gasteiger partial charge in [-0.05, 0) is 30.5 Å². The second-order valence-corrected chi connectivity index (χ2v) is 5.63. The van der Waals surface area contributed by atoms with Crippen LogP contribution in [-0.2, 0) is 6.18 Å². The molecule has 0 radical (unpaired) electrons. The predicted octanol–water partition coefficient (Wildman–Crippen LogP) is 4.40. The van der Waals surface area contributed by atoms with Crippen LogP contribution in [0.25, 0.3) is 0 Å². The maximum atomic E-state index is 13.0. The van der Waals surface area contributed by atoms with Gasteiger partial charge in [0.15, 0.2) is 0 Å². The molecule has 0 aliphatic rings. The topological polar surface area (TPSA) is 28.2 Å². The maximum absolute atomic E-state index is 13.0. The van der Waals surface area contributed by atoms with Crippen molar-refractivity contribution in [3.05, 3.63) is 40.1 Å². The molecule has 0 fully saturated rings. The summed E-state index contributed by atoms with van der Waals surface area (Å²) in [4.78, 5) is 7.03. The number of halogens is 3. The average molecular weight is 315 g/mol. The third-order valence-corrected chi connectivity index (χ3v) is 4.34. The summed E-state index contributed by atoms with van der Waals surface area (Å²) in [6.07, 6.45) is -4.39. The SMILES string of the molecule is CNc1cc(C(F)(F)F)cc(N(C)C(C)c2cccs2)n1. The first-order valence-corrected chi connectivity index (χ1v) is 7.24. The van der Waals surface area contributed by atoms with E-state index >= 15 is 0 Å². The Kier molecular flexibility index (Phi) is 4.41. The van der Waals surface area contributed by atoms with Crippen LogP contribution in [0, 0.1) is 0 Å². The van der Waals surface area contributed by atoms with Crippen LogP contribution < -0.4 is 10.2 Å². The molecule has 2 aromatic heterocycles. The van der Waals surface area contributed by atoms with E-state index in [4.69, 9.17) is 0 Å². The molecule has 2 aromatic rings. The molecule has 0 amide bonds. The first-order valence-electron chi connectivity index (χ1n) is 6.36. The Hall–Kier alpha value is -1.76. The van der Waals surface area contributed by atoms with E-state index in [1.165, 1.54) is 0 Å². The predicted molar refractivity (Wildman–Crippen MR) is 79.9 cm³/mol. The molecule has 1 atom stereocenters. The minimum atomic E-state index is -4.39. The molecule has 0 saturated carbocycles. The van der Waals surface area contributed by atoms with E-state index in [1.807, 2.05) is 24.4 Å². The summed E-state index contributed by atoms with van der Waals surface area (Å²) in [5.74, 6) is 0.486. The van der Waals surface area contributed by atoms with Crippen molar-refractivity contribution in [3.63, 3.8) is 0 Å². The van der Waals surface area contributed by atoms with Gasteiger partial charge < -0.3 is 10.2 Å². The molecule has 2 rings (SSSR count). The fraction of sp³-hybridized carbons (Fsp3) is 0.357. The molecule has 3 nitrogen and oxygen atoms in total. The van der Waals surface area contributed by atoms with Crippen molar-refractivity contribution in [1.82, 2.24) is 4.98 Å². The summed E-state index contributed by atoms with van der Waals surface area (Å²) >= 11 is 1.57. The molecule has 1 N–H and O–H groups in total. The van der Waals surface area contributed by atoms with E-state index in [0.29, 0.717) is 0 Å². The van der Waals surface area contributed by atoms with Crippen LogP contribution in [0.4, 0.5) is 24.8 Å². The standard InChI is InChI=1S/C14H16F3N3S/c1-9(11-5-4-6-21-11)20(3)13-8-10(14(15,16)17)7-12(18-2)19-13/h4-9H,1-3H3,(H,18,19). The average Bonchev–Trinajstić information content (AvgIpc) is 2.98. The Bertz CT molecular complexity index is 596. The largest absolute Gasteiger partial charge is 0.416 e. The van der Waals surface area contributed by atoms with Crippen molar-refractivity contribution in [1.29, 1.82) is 0 Å². The van der Waals surface area contributed by atoms with Gasteiger partial charge >= 0.3 is 6.18 Å². The lowest BCUT2D eigenvalue weighted by atomic mass is 10.2. The Morgan fingerprint density at radius 1 is 1.33 bits per heavy atom. The molecule has 0 bridgehead atoms. The van der Waals surface area contributed by atoms with E-state index in [-0.39, 0.29) is 17.7 Å². The lowest BCUT2D eigenvalue weighted by molar-refractivity contribution is -0.137. The third kappa shape index (κ3) is 3.47. The number of nitrogens with zero attached hydrogens (tertiary/aromatic N) is 2. The van der Waals surface area contributed by atoms with Gasteiger partial charge in [0, 0.05) is 19.0 Å². The Morgan fingerprint density at radius 2 is 2.05 bits per heavy atom. The molecular formula is C14H16F3N3S. The first-order chi connectivity index (χ1) is 9.82. The van der Waals surface area contributed by atoms with Crippen molar-refractivity contribution < 1.29 is 13.2 Å². The number of anilines is 2. The van der Waals surface area contributed by atoms with Gasteiger partial charge in [0.1, 0.15) is 11.6 Å². The minimum Gasteiger partial charge on any atom is -0.373 e. The third-order valence-electron chi connectivity index (χ3n) is 3.29. The molecule has 0 aliphatic carbocycles. The molecule has 7 heteroatoms. The number of aromatic nitrogens is 1. The fourth-order valence-electron chi connectivity index (χ4n) is 1.91. The highest BCUT2D eigenvalue weighted by molar-refractivity contribution is 7.10. The van der Waals surface area contributed by atoms with Crippen LogP contribution in [0.5, 0.6) is 0 Å². The van der Waals surface area contributed by atoms with Gasteiger partial charge in [-0.15, -0.1) is 11.3 Å². The molecule has 2 heterocycles. The van der Waals surface area contributed by atoms with Crippen LogP contribution in [0.1, 0.15) is 23.4 Å². The van der Waals surface area contributed by atoms with Gasteiger partial charge in [-0.3, -0.25) is 0 Å². The number of thiophene rings is 1. The highest BCUT2D eigenvalue weighted by atomic mass is 32.1. The molecule has 0 spiro atoms. The summed E-state index contributed by atoms with van der Waals surface area (Å²) in [7, 11) is 3.29. The molecule has 114 valence electrons. The van der Waals surface area contributed by atoms with Crippen molar-refractivity contribution in [3.8, 4) is 0 Å². The van der Waals surface area contributed by atoms with Crippen molar-refractivity contribution in [2.45, 2.75) is 19.1 Å². The van der Waals surface area contributed by atoms with Gasteiger partial charge in [0.05, 0.1) is 11.6 Å². The first kappa shape index (κ1) is 15.6. The number of alkyl halides is 3. The summed E-state index contributed by atoms with van der Waals surface area (Å²) in [5, 5.41) is 4.62. The van der Waals surface area contributed by atoms with Gasteiger partial charge in [-0.2, -0.15) is 13.2 Å². The van der Waals surface area contributed by atoms with Gasteiger partial charge in [0.2, 0.25) is 0 Å². The number of nitrogens with one attached hydrogen (secondary N) is 1. The van der Waals surface area contributed by atoms with Gasteiger partial charge in [0.25, 0.3) is 0 Å². The number of hydrogen-bond donors (Lipinski definition) is 1. The lowest BCUT2D eigenvalue weighted by Gasteiger charge is -2.26. The van der Waals surface area contributed by atoms with Crippen LogP contribution in [0.15, 0.2) is 29.6 Å². The molecule has 0 aliphatic heterocycles. The lowest BCUT2D eigenvalue weighted by Crippen LogP contribution is -2.23. The van der Waals surface area contributed by atoms with Crippen molar-refractivity contribution in [2.75, 3.05) is 24.3 Å². The molecule has 0 saturated heterocycles. The van der Waals surface area contributed by atoms with E-state index in [0.717, 1.165) is 17.0 Å². The highest BCUT2D eigenvalue weighted by Gasteiger charge is 2.32. The van der Waals surface area contributed by atoms with Crippen molar-refractivity contribution in [2.24, 2.45) is 0 Å². The van der Waals surface area contributed by atoms with E-state index < -0.39 is 11.7 Å². The number of pyridine rings is 1. The van der Waals surface area contributed by atoms with Crippen LogP contribution in [0.3, 0.4) is 0 Å². The minimum absolute atomic E-state index is 0.0503. The van der Waals surface area contributed by atoms with Crippen molar-refractivity contribution >= 4 is 23.0 Å². The monoisotopic (exact) mass is 315 g/mol. The van der Waals surface area contributed by atoms with E-state index in [2.05, 4.69) is 10.3 Å². The van der Waals surface area contributed by atoms with Crippen LogP contribution >= 0.6 is 11.3 Å². The molecule has 0 aromatic carbocycles. The normalized spacial score (nSPS) is 13.0. The molecule has 21 heavy (non-hydrogen) atoms. The smallest absolute Gasteiger partial charge is 0.373 e. The zero-order valence-electron chi connectivity index (χ0n) is 11.9. The molecule has 1 unspecified atom stereocenters. The Labute approximate surface area is 125 Å². The summed E-state index contributed by atoms with van der Waals surface area (Å²) in [5.41, 5.74) is -0.706. The Morgan fingerprint density at radius 3 is 2.57 bits per heavy atom. The zero-order chi connectivity index (χ0) is 15.6. The summed E-state index contributed by atoms with van der Waals surface area (Å²) in [6, 6.07) is 5.91. The number of hydrogen-bond acceptors (Lipinski definition) is 4. The summed E-state index contributed by atoms with van der Waals surface area (Å²) < 4.78 is 38.9. The van der Waals surface area contributed by atoms with Gasteiger partial charge in [-0.1, -0.05) is 6.07 Å². The quantitative estimate of drug-likeness (QED) is 0.906. The second kappa shape index (κ2) is 5.93. The van der Waals surface area contributed by atoms with Crippen LogP contribution in [0.2, 0.25) is 0 Å². The Balaban J connectivity index is 2.38. The van der Waals surface area contributed by atoms with Crippen LogP contribution in [-0.4, -0.2) is 19.1 Å². The van der Waals surface area contributed by atoms with Gasteiger partial charge in [-0.25, -0.2) is 4.98 Å². The zero-order valence-corrected chi connectivity index (χ0v) is 12.7. The fourth-order valence-corrected chi connectivity index (χ4v) is 2.73.